The first-order valence-electron chi connectivity index (χ1n) is 9.66. The van der Waals surface area contributed by atoms with Crippen molar-refractivity contribution < 1.29 is 33.4 Å². The van der Waals surface area contributed by atoms with Crippen LogP contribution in [-0.4, -0.2) is 61.8 Å². The number of hydrogen-bond donors (Lipinski definition) is 2. The summed E-state index contributed by atoms with van der Waals surface area (Å²) in [7, 11) is 1.25. The number of methoxy groups -OCH3 is 1. The van der Waals surface area contributed by atoms with Crippen LogP contribution >= 0.6 is 0 Å². The van der Waals surface area contributed by atoms with Crippen LogP contribution in [0.2, 0.25) is 0 Å². The van der Waals surface area contributed by atoms with E-state index in [1.54, 1.807) is 33.8 Å². The smallest absolute Gasteiger partial charge is 0.408 e. The van der Waals surface area contributed by atoms with Crippen molar-refractivity contribution in [1.82, 2.24) is 10.6 Å². The number of amides is 2. The highest BCUT2D eigenvalue weighted by Crippen LogP contribution is 2.11. The molecule has 3 atom stereocenters. The zero-order valence-electron chi connectivity index (χ0n) is 17.8. The molecular weight excluding hydrogens is 380 g/mol. The maximum atomic E-state index is 12.7. The third-order valence-electron chi connectivity index (χ3n) is 4.12. The van der Waals surface area contributed by atoms with Gasteiger partial charge in [-0.15, -0.1) is 0 Å². The number of carbonyl (C=O) groups is 4. The number of nitrogens with one attached hydrogen (secondary N) is 2. The summed E-state index contributed by atoms with van der Waals surface area (Å²) in [4.78, 5) is 49.1. The summed E-state index contributed by atoms with van der Waals surface area (Å²) in [5, 5.41) is 5.15. The number of Topliss-reactive ketones (excluding diaryl/α,β-unsaturated/α-hetero) is 1. The number of alkyl carbamates (subject to hydrolysis) is 1. The molecule has 2 amide bonds. The van der Waals surface area contributed by atoms with Crippen LogP contribution in [0, 0.1) is 5.92 Å². The van der Waals surface area contributed by atoms with Gasteiger partial charge in [0.2, 0.25) is 5.91 Å². The van der Waals surface area contributed by atoms with Gasteiger partial charge < -0.3 is 24.8 Å². The number of ether oxygens (including phenoxy) is 3. The van der Waals surface area contributed by atoms with Gasteiger partial charge in [-0.25, -0.2) is 9.59 Å². The SMILES string of the molecule is COC(=O)[C@@H]1CCC=CCOC[C@H](NC(=O)OC(C)(C)C)C(=O)C[C@@H](C)C(=O)N1. The summed E-state index contributed by atoms with van der Waals surface area (Å²) in [6.07, 6.45) is 3.61. The Kier molecular flexibility index (Phi) is 9.80. The summed E-state index contributed by atoms with van der Waals surface area (Å²) >= 11 is 0. The van der Waals surface area contributed by atoms with Gasteiger partial charge in [-0.2, -0.15) is 0 Å². The lowest BCUT2D eigenvalue weighted by Gasteiger charge is -2.24. The second-order valence-corrected chi connectivity index (χ2v) is 7.94. The van der Waals surface area contributed by atoms with Crippen molar-refractivity contribution in [2.75, 3.05) is 20.3 Å². The van der Waals surface area contributed by atoms with Crippen molar-refractivity contribution in [3.63, 3.8) is 0 Å². The van der Waals surface area contributed by atoms with Gasteiger partial charge in [-0.05, 0) is 33.6 Å². The number of ketones is 1. The van der Waals surface area contributed by atoms with E-state index in [0.29, 0.717) is 12.8 Å². The second kappa shape index (κ2) is 11.5. The van der Waals surface area contributed by atoms with Gasteiger partial charge in [0.25, 0.3) is 0 Å². The summed E-state index contributed by atoms with van der Waals surface area (Å²) in [5.41, 5.74) is -0.714. The Labute approximate surface area is 171 Å². The minimum Gasteiger partial charge on any atom is -0.467 e. The number of hydrogen-bond acceptors (Lipinski definition) is 7. The lowest BCUT2D eigenvalue weighted by Crippen LogP contribution is -2.48. The molecule has 0 aromatic heterocycles. The molecule has 1 aliphatic heterocycles. The predicted octanol–water partition coefficient (Wildman–Crippen LogP) is 1.50. The number of carbonyl (C=O) groups excluding carboxylic acids is 4. The minimum absolute atomic E-state index is 0.0401. The lowest BCUT2D eigenvalue weighted by molar-refractivity contribution is -0.145. The molecule has 0 spiro atoms. The van der Waals surface area contributed by atoms with Crippen LogP contribution in [0.3, 0.4) is 0 Å². The Morgan fingerprint density at radius 1 is 1.24 bits per heavy atom. The highest BCUT2D eigenvalue weighted by molar-refractivity contribution is 5.92. The number of rotatable bonds is 2. The van der Waals surface area contributed by atoms with E-state index in [1.807, 2.05) is 6.08 Å². The standard InChI is InChI=1S/C20H32N2O7/c1-13-11-16(23)15(22-19(26)29-20(2,3)4)12-28-10-8-6-7-9-14(18(25)27-5)21-17(13)24/h6,8,13-15H,7,9-12H2,1-5H3,(H,21,24)(H,22,26)/t13-,14+,15+/m1/s1. The lowest BCUT2D eigenvalue weighted by atomic mass is 9.98. The average Bonchev–Trinajstić information content (AvgIpc) is 2.62. The van der Waals surface area contributed by atoms with Crippen LogP contribution in [0.5, 0.6) is 0 Å². The Bertz CT molecular complexity index is 625. The molecule has 0 aliphatic carbocycles. The fraction of sp³-hybridized carbons (Fsp3) is 0.700. The van der Waals surface area contributed by atoms with Gasteiger partial charge in [-0.1, -0.05) is 19.1 Å². The Hall–Kier alpha value is -2.42. The van der Waals surface area contributed by atoms with Crippen LogP contribution < -0.4 is 10.6 Å². The van der Waals surface area contributed by atoms with Crippen LogP contribution in [-0.2, 0) is 28.6 Å². The van der Waals surface area contributed by atoms with Crippen LogP contribution in [0.15, 0.2) is 12.2 Å². The molecule has 29 heavy (non-hydrogen) atoms. The van der Waals surface area contributed by atoms with E-state index in [-0.39, 0.29) is 25.4 Å². The average molecular weight is 412 g/mol. The molecule has 0 radical (unpaired) electrons. The van der Waals surface area contributed by atoms with Gasteiger partial charge in [0, 0.05) is 12.3 Å². The van der Waals surface area contributed by atoms with E-state index >= 15 is 0 Å². The molecule has 164 valence electrons. The Balaban J connectivity index is 2.90. The quantitative estimate of drug-likeness (QED) is 0.521. The van der Waals surface area contributed by atoms with Gasteiger partial charge >= 0.3 is 12.1 Å². The predicted molar refractivity (Wildman–Crippen MR) is 105 cm³/mol. The molecule has 0 bridgehead atoms. The molecule has 9 heteroatoms. The van der Waals surface area contributed by atoms with Crippen molar-refractivity contribution in [3.05, 3.63) is 12.2 Å². The van der Waals surface area contributed by atoms with Gasteiger partial charge in [0.05, 0.1) is 20.3 Å². The molecular formula is C20H32N2O7. The topological polar surface area (TPSA) is 120 Å². The summed E-state index contributed by atoms with van der Waals surface area (Å²) in [6, 6.07) is -1.75. The molecule has 1 rings (SSSR count). The first-order valence-corrected chi connectivity index (χ1v) is 9.66. The maximum absolute atomic E-state index is 12.7. The van der Waals surface area contributed by atoms with Crippen molar-refractivity contribution in [3.8, 4) is 0 Å². The van der Waals surface area contributed by atoms with Crippen LogP contribution in [0.1, 0.15) is 47.0 Å². The van der Waals surface area contributed by atoms with E-state index < -0.39 is 41.6 Å². The Morgan fingerprint density at radius 2 is 1.93 bits per heavy atom. The minimum atomic E-state index is -0.951. The molecule has 1 aliphatic rings. The van der Waals surface area contributed by atoms with E-state index in [1.165, 1.54) is 7.11 Å². The molecule has 9 nitrogen and oxygen atoms in total. The van der Waals surface area contributed by atoms with E-state index in [4.69, 9.17) is 14.2 Å². The van der Waals surface area contributed by atoms with Crippen LogP contribution in [0.4, 0.5) is 4.79 Å². The number of esters is 1. The zero-order chi connectivity index (χ0) is 22.0. The summed E-state index contributed by atoms with van der Waals surface area (Å²) in [5.74, 6) is -2.05. The molecule has 0 unspecified atom stereocenters. The highest BCUT2D eigenvalue weighted by atomic mass is 16.6. The summed E-state index contributed by atoms with van der Waals surface area (Å²) in [6.45, 7) is 6.93. The fourth-order valence-corrected chi connectivity index (χ4v) is 2.61. The molecule has 2 N–H and O–H groups in total. The third kappa shape index (κ3) is 9.56. The zero-order valence-corrected chi connectivity index (χ0v) is 17.8. The first kappa shape index (κ1) is 24.6. The van der Waals surface area contributed by atoms with Crippen molar-refractivity contribution in [2.24, 2.45) is 5.92 Å². The summed E-state index contributed by atoms with van der Waals surface area (Å²) < 4.78 is 15.4. The van der Waals surface area contributed by atoms with Crippen molar-refractivity contribution in [1.29, 1.82) is 0 Å². The monoisotopic (exact) mass is 412 g/mol. The fourth-order valence-electron chi connectivity index (χ4n) is 2.61. The normalized spacial score (nSPS) is 24.8. The molecule has 0 saturated carbocycles. The van der Waals surface area contributed by atoms with Crippen molar-refractivity contribution in [2.45, 2.75) is 64.6 Å². The maximum Gasteiger partial charge on any atom is 0.408 e. The third-order valence-corrected chi connectivity index (χ3v) is 4.12. The molecule has 0 fully saturated rings. The van der Waals surface area contributed by atoms with E-state index in [2.05, 4.69) is 10.6 Å². The van der Waals surface area contributed by atoms with E-state index in [9.17, 15) is 19.2 Å². The first-order chi connectivity index (χ1) is 13.5. The second-order valence-electron chi connectivity index (χ2n) is 7.94. The molecule has 0 saturated heterocycles. The number of allylic oxidation sites excluding steroid dienone is 1. The molecule has 0 aromatic carbocycles. The van der Waals surface area contributed by atoms with Crippen molar-refractivity contribution >= 4 is 23.8 Å². The van der Waals surface area contributed by atoms with Gasteiger partial charge in [0.15, 0.2) is 5.78 Å². The molecule has 0 aromatic rings. The Morgan fingerprint density at radius 3 is 2.55 bits per heavy atom. The highest BCUT2D eigenvalue weighted by Gasteiger charge is 2.29. The van der Waals surface area contributed by atoms with Gasteiger partial charge in [-0.3, -0.25) is 9.59 Å². The van der Waals surface area contributed by atoms with Crippen LogP contribution in [0.25, 0.3) is 0 Å². The van der Waals surface area contributed by atoms with E-state index in [0.717, 1.165) is 0 Å². The molecule has 1 heterocycles. The van der Waals surface area contributed by atoms with Gasteiger partial charge in [0.1, 0.15) is 17.7 Å². The largest absolute Gasteiger partial charge is 0.467 e.